The highest BCUT2D eigenvalue weighted by molar-refractivity contribution is 6.61. The first kappa shape index (κ1) is 18.6. The van der Waals surface area contributed by atoms with Gasteiger partial charge < -0.3 is 4.98 Å². The summed E-state index contributed by atoms with van der Waals surface area (Å²) in [6.45, 7) is 1.95. The van der Waals surface area contributed by atoms with E-state index in [1.54, 1.807) is 0 Å². The van der Waals surface area contributed by atoms with E-state index >= 15 is 0 Å². The topological polar surface area (TPSA) is 93.4 Å². The SMILES string of the molecule is CCCC(=O)C(/C=N/c1[nH]c2c(c1C#N)CCCC2)=N\Nc1ccccc1. The second-order valence-electron chi connectivity index (χ2n) is 6.53. The van der Waals surface area contributed by atoms with Crippen molar-refractivity contribution >= 4 is 29.2 Å². The summed E-state index contributed by atoms with van der Waals surface area (Å²) in [5, 5.41) is 13.8. The van der Waals surface area contributed by atoms with Gasteiger partial charge in [-0.15, -0.1) is 0 Å². The van der Waals surface area contributed by atoms with Crippen LogP contribution in [0.3, 0.4) is 0 Å². The number of aliphatic imine (C=N–C) groups is 1. The van der Waals surface area contributed by atoms with Crippen LogP contribution >= 0.6 is 0 Å². The lowest BCUT2D eigenvalue weighted by Gasteiger charge is -2.09. The molecular formula is C21H23N5O. The van der Waals surface area contributed by atoms with Crippen molar-refractivity contribution in [1.82, 2.24) is 4.98 Å². The average molecular weight is 361 g/mol. The first-order valence-corrected chi connectivity index (χ1v) is 9.32. The number of ketones is 1. The summed E-state index contributed by atoms with van der Waals surface area (Å²) in [5.74, 6) is 0.431. The van der Waals surface area contributed by atoms with E-state index in [1.165, 1.54) is 6.21 Å². The number of nitriles is 1. The molecular weight excluding hydrogens is 338 g/mol. The normalized spacial score (nSPS) is 14.0. The van der Waals surface area contributed by atoms with Crippen molar-refractivity contribution in [3.8, 4) is 6.07 Å². The summed E-state index contributed by atoms with van der Waals surface area (Å²) in [5.41, 5.74) is 6.68. The number of H-pyrrole nitrogens is 1. The van der Waals surface area contributed by atoms with Gasteiger partial charge in [0.25, 0.3) is 0 Å². The molecule has 1 aromatic carbocycles. The van der Waals surface area contributed by atoms with Crippen LogP contribution in [0.1, 0.15) is 49.4 Å². The quantitative estimate of drug-likeness (QED) is 0.568. The molecule has 0 atom stereocenters. The van der Waals surface area contributed by atoms with Gasteiger partial charge in [-0.1, -0.05) is 25.1 Å². The van der Waals surface area contributed by atoms with Crippen LogP contribution in [0.2, 0.25) is 0 Å². The van der Waals surface area contributed by atoms with Gasteiger partial charge >= 0.3 is 0 Å². The number of nitrogens with one attached hydrogen (secondary N) is 2. The Kier molecular flexibility index (Phi) is 6.16. The molecule has 0 saturated carbocycles. The summed E-state index contributed by atoms with van der Waals surface area (Å²) in [6.07, 6.45) is 6.62. The van der Waals surface area contributed by atoms with Gasteiger partial charge in [0.2, 0.25) is 0 Å². The monoisotopic (exact) mass is 361 g/mol. The van der Waals surface area contributed by atoms with Crippen LogP contribution in [0.25, 0.3) is 0 Å². The van der Waals surface area contributed by atoms with Crippen LogP contribution in [0.4, 0.5) is 11.5 Å². The third-order valence-corrected chi connectivity index (χ3v) is 4.55. The lowest BCUT2D eigenvalue weighted by Crippen LogP contribution is -2.17. The molecule has 1 aliphatic rings. The smallest absolute Gasteiger partial charge is 0.184 e. The molecule has 1 aliphatic carbocycles. The summed E-state index contributed by atoms with van der Waals surface area (Å²) >= 11 is 0. The Hall–Kier alpha value is -3.20. The van der Waals surface area contributed by atoms with E-state index in [0.29, 0.717) is 17.8 Å². The highest BCUT2D eigenvalue weighted by atomic mass is 16.1. The van der Waals surface area contributed by atoms with Crippen molar-refractivity contribution < 1.29 is 4.79 Å². The van der Waals surface area contributed by atoms with Gasteiger partial charge in [0, 0.05) is 12.1 Å². The number of anilines is 1. The fourth-order valence-corrected chi connectivity index (χ4v) is 3.17. The molecule has 0 fully saturated rings. The molecule has 2 aromatic rings. The van der Waals surface area contributed by atoms with E-state index in [9.17, 15) is 10.1 Å². The standard InChI is InChI=1S/C21H23N5O/c1-2-8-20(27)19(26-25-15-9-4-3-5-10-15)14-23-21-17(13-22)16-11-6-7-12-18(16)24-21/h3-5,9-10,14,24-25H,2,6-8,11-12H2,1H3/b23-14+,26-19-. The zero-order valence-electron chi connectivity index (χ0n) is 15.5. The van der Waals surface area contributed by atoms with E-state index in [2.05, 4.69) is 26.6 Å². The van der Waals surface area contributed by atoms with E-state index < -0.39 is 0 Å². The first-order chi connectivity index (χ1) is 13.2. The maximum atomic E-state index is 12.4. The Morgan fingerprint density at radius 1 is 1.30 bits per heavy atom. The minimum absolute atomic E-state index is 0.0838. The van der Waals surface area contributed by atoms with Gasteiger partial charge in [-0.2, -0.15) is 10.4 Å². The molecule has 3 rings (SSSR count). The van der Waals surface area contributed by atoms with Crippen molar-refractivity contribution in [2.75, 3.05) is 5.43 Å². The van der Waals surface area contributed by atoms with Gasteiger partial charge in [0.15, 0.2) is 5.78 Å². The summed E-state index contributed by atoms with van der Waals surface area (Å²) in [6, 6.07) is 11.7. The summed E-state index contributed by atoms with van der Waals surface area (Å²) in [4.78, 5) is 20.0. The number of Topliss-reactive ketones (excluding diaryl/α,β-unsaturated/α-hetero) is 1. The predicted octanol–water partition coefficient (Wildman–Crippen LogP) is 4.30. The largest absolute Gasteiger partial charge is 0.342 e. The molecule has 0 bridgehead atoms. The number of para-hydroxylation sites is 1. The van der Waals surface area contributed by atoms with Crippen molar-refractivity contribution in [3.63, 3.8) is 0 Å². The van der Waals surface area contributed by atoms with Gasteiger partial charge in [0.05, 0.1) is 17.5 Å². The fourth-order valence-electron chi connectivity index (χ4n) is 3.17. The molecule has 138 valence electrons. The molecule has 0 amide bonds. The highest BCUT2D eigenvalue weighted by Crippen LogP contribution is 2.30. The molecule has 0 radical (unpaired) electrons. The van der Waals surface area contributed by atoms with Crippen LogP contribution in [0.5, 0.6) is 0 Å². The molecule has 0 unspecified atom stereocenters. The summed E-state index contributed by atoms with van der Waals surface area (Å²) < 4.78 is 0. The maximum Gasteiger partial charge on any atom is 0.184 e. The number of carbonyl (C=O) groups is 1. The third-order valence-electron chi connectivity index (χ3n) is 4.55. The molecule has 1 aromatic heterocycles. The number of hydrogen-bond acceptors (Lipinski definition) is 5. The Labute approximate surface area is 159 Å². The van der Waals surface area contributed by atoms with Crippen LogP contribution in [0, 0.1) is 11.3 Å². The molecule has 2 N–H and O–H groups in total. The number of nitrogens with zero attached hydrogens (tertiary/aromatic N) is 3. The average Bonchev–Trinajstić information content (AvgIpc) is 3.06. The molecule has 6 heteroatoms. The lowest BCUT2D eigenvalue weighted by atomic mass is 9.95. The van der Waals surface area contributed by atoms with E-state index in [1.807, 2.05) is 37.3 Å². The maximum absolute atomic E-state index is 12.4. The van der Waals surface area contributed by atoms with Crippen molar-refractivity contribution in [3.05, 3.63) is 47.2 Å². The van der Waals surface area contributed by atoms with Crippen LogP contribution < -0.4 is 5.43 Å². The molecule has 6 nitrogen and oxygen atoms in total. The number of hydrogen-bond donors (Lipinski definition) is 2. The number of aromatic nitrogens is 1. The zero-order valence-corrected chi connectivity index (χ0v) is 15.5. The van der Waals surface area contributed by atoms with Crippen molar-refractivity contribution in [1.29, 1.82) is 5.26 Å². The Morgan fingerprint density at radius 3 is 2.81 bits per heavy atom. The second kappa shape index (κ2) is 8.95. The third kappa shape index (κ3) is 4.50. The highest BCUT2D eigenvalue weighted by Gasteiger charge is 2.19. The van der Waals surface area contributed by atoms with Gasteiger partial charge in [-0.3, -0.25) is 10.2 Å². The predicted molar refractivity (Wildman–Crippen MR) is 108 cm³/mol. The number of aromatic amines is 1. The number of aryl methyl sites for hydroxylation is 1. The minimum atomic E-state index is -0.0838. The number of hydrazone groups is 1. The van der Waals surface area contributed by atoms with Crippen LogP contribution in [0.15, 0.2) is 40.4 Å². The van der Waals surface area contributed by atoms with E-state index in [-0.39, 0.29) is 11.5 Å². The lowest BCUT2D eigenvalue weighted by molar-refractivity contribution is -0.112. The summed E-state index contributed by atoms with van der Waals surface area (Å²) in [7, 11) is 0. The van der Waals surface area contributed by atoms with Crippen LogP contribution in [-0.2, 0) is 17.6 Å². The number of carbonyl (C=O) groups excluding carboxylic acids is 1. The fraction of sp³-hybridized carbons (Fsp3) is 0.333. The first-order valence-electron chi connectivity index (χ1n) is 9.32. The Bertz CT molecular complexity index is 903. The van der Waals surface area contributed by atoms with Gasteiger partial charge in [-0.25, -0.2) is 4.99 Å². The van der Waals surface area contributed by atoms with E-state index in [4.69, 9.17) is 0 Å². The second-order valence-corrected chi connectivity index (χ2v) is 6.53. The van der Waals surface area contributed by atoms with Crippen molar-refractivity contribution in [2.24, 2.45) is 10.1 Å². The van der Waals surface area contributed by atoms with Gasteiger partial charge in [-0.05, 0) is 49.8 Å². The molecule has 1 heterocycles. The van der Waals surface area contributed by atoms with Gasteiger partial charge in [0.1, 0.15) is 17.6 Å². The number of rotatable bonds is 7. The molecule has 0 saturated heterocycles. The molecule has 0 aliphatic heterocycles. The molecule has 27 heavy (non-hydrogen) atoms. The van der Waals surface area contributed by atoms with E-state index in [0.717, 1.165) is 49.0 Å². The number of benzene rings is 1. The zero-order chi connectivity index (χ0) is 19.1. The van der Waals surface area contributed by atoms with Crippen molar-refractivity contribution in [2.45, 2.75) is 45.4 Å². The number of fused-ring (bicyclic) bond motifs is 1. The minimum Gasteiger partial charge on any atom is -0.342 e. The molecule has 0 spiro atoms. The Balaban J connectivity index is 1.86. The van der Waals surface area contributed by atoms with Crippen LogP contribution in [-0.4, -0.2) is 22.7 Å². The Morgan fingerprint density at radius 2 is 2.07 bits per heavy atom.